The number of benzene rings is 1. The van der Waals surface area contributed by atoms with Crippen LogP contribution >= 0.6 is 11.6 Å². The smallest absolute Gasteiger partial charge is 0.224 e. The second kappa shape index (κ2) is 8.28. The average molecular weight is 297 g/mol. The van der Waals surface area contributed by atoms with Crippen molar-refractivity contribution in [3.05, 3.63) is 34.9 Å². The van der Waals surface area contributed by atoms with Gasteiger partial charge in [-0.1, -0.05) is 37.6 Å². The third kappa shape index (κ3) is 5.93. The number of carbonyl (C=O) groups excluding carboxylic acids is 1. The van der Waals surface area contributed by atoms with Crippen molar-refractivity contribution < 1.29 is 4.79 Å². The van der Waals surface area contributed by atoms with Gasteiger partial charge in [-0.05, 0) is 43.4 Å². The van der Waals surface area contributed by atoms with Gasteiger partial charge in [-0.15, -0.1) is 0 Å². The number of nitrogens with one attached hydrogen (secondary N) is 1. The first kappa shape index (κ1) is 17.0. The molecule has 0 aliphatic heterocycles. The summed E-state index contributed by atoms with van der Waals surface area (Å²) in [4.78, 5) is 12.2. The summed E-state index contributed by atoms with van der Waals surface area (Å²) in [6.07, 6.45) is 1.62. The maximum atomic E-state index is 12.2. The molecule has 1 rings (SSSR count). The van der Waals surface area contributed by atoms with Gasteiger partial charge in [-0.2, -0.15) is 0 Å². The molecule has 3 nitrogen and oxygen atoms in total. The first-order valence-corrected chi connectivity index (χ1v) is 7.55. The monoisotopic (exact) mass is 296 g/mol. The topological polar surface area (TPSA) is 55.1 Å². The third-order valence-corrected chi connectivity index (χ3v) is 3.51. The van der Waals surface area contributed by atoms with Crippen LogP contribution in [0.5, 0.6) is 0 Å². The van der Waals surface area contributed by atoms with Crippen LogP contribution in [0.2, 0.25) is 5.02 Å². The zero-order chi connectivity index (χ0) is 15.1. The van der Waals surface area contributed by atoms with Crippen LogP contribution in [-0.4, -0.2) is 18.5 Å². The second-order valence-electron chi connectivity index (χ2n) is 5.80. The summed E-state index contributed by atoms with van der Waals surface area (Å²) in [7, 11) is 0. The van der Waals surface area contributed by atoms with Gasteiger partial charge in [-0.3, -0.25) is 4.79 Å². The molecule has 0 aliphatic rings. The molecule has 0 heterocycles. The number of carbonyl (C=O) groups is 1. The maximum Gasteiger partial charge on any atom is 0.224 e. The minimum Gasteiger partial charge on any atom is -0.353 e. The predicted molar refractivity (Wildman–Crippen MR) is 84.8 cm³/mol. The van der Waals surface area contributed by atoms with Crippen molar-refractivity contribution >= 4 is 17.5 Å². The normalized spacial score (nSPS) is 14.1. The Labute approximate surface area is 126 Å². The first-order chi connectivity index (χ1) is 9.42. The molecular weight excluding hydrogens is 272 g/mol. The highest BCUT2D eigenvalue weighted by molar-refractivity contribution is 6.30. The highest BCUT2D eigenvalue weighted by Gasteiger charge is 2.19. The van der Waals surface area contributed by atoms with Crippen LogP contribution < -0.4 is 11.1 Å². The summed E-state index contributed by atoms with van der Waals surface area (Å²) in [5, 5.41) is 3.77. The number of halogens is 1. The summed E-state index contributed by atoms with van der Waals surface area (Å²) >= 11 is 5.86. The number of nitrogens with two attached hydrogens (primary N) is 1. The molecule has 0 spiro atoms. The fourth-order valence-electron chi connectivity index (χ4n) is 2.27. The van der Waals surface area contributed by atoms with Crippen molar-refractivity contribution in [1.82, 2.24) is 5.32 Å². The summed E-state index contributed by atoms with van der Waals surface area (Å²) < 4.78 is 0. The van der Waals surface area contributed by atoms with E-state index in [2.05, 4.69) is 19.2 Å². The molecular formula is C16H25ClN2O. The van der Waals surface area contributed by atoms with E-state index in [-0.39, 0.29) is 17.9 Å². The highest BCUT2D eigenvalue weighted by Crippen LogP contribution is 2.13. The summed E-state index contributed by atoms with van der Waals surface area (Å²) in [5.41, 5.74) is 6.85. The lowest BCUT2D eigenvalue weighted by atomic mass is 9.96. The van der Waals surface area contributed by atoms with Crippen molar-refractivity contribution in [2.45, 2.75) is 39.7 Å². The zero-order valence-electron chi connectivity index (χ0n) is 12.5. The quantitative estimate of drug-likeness (QED) is 0.812. The molecule has 1 aromatic carbocycles. The average Bonchev–Trinajstić information content (AvgIpc) is 2.38. The zero-order valence-corrected chi connectivity index (χ0v) is 13.3. The Morgan fingerprint density at radius 2 is 1.85 bits per heavy atom. The Bertz CT molecular complexity index is 417. The van der Waals surface area contributed by atoms with Crippen LogP contribution in [0.15, 0.2) is 24.3 Å². The molecule has 0 saturated heterocycles. The Kier molecular flexibility index (Phi) is 7.03. The fourth-order valence-corrected chi connectivity index (χ4v) is 2.39. The lowest BCUT2D eigenvalue weighted by Crippen LogP contribution is -2.41. The number of hydrogen-bond donors (Lipinski definition) is 2. The lowest BCUT2D eigenvalue weighted by Gasteiger charge is -2.20. The number of hydrogen-bond acceptors (Lipinski definition) is 2. The van der Waals surface area contributed by atoms with E-state index in [1.54, 1.807) is 0 Å². The Hall–Kier alpha value is -1.06. The minimum absolute atomic E-state index is 0.0580. The van der Waals surface area contributed by atoms with Crippen molar-refractivity contribution in [3.63, 3.8) is 0 Å². The van der Waals surface area contributed by atoms with Crippen LogP contribution in [0.25, 0.3) is 0 Å². The summed E-state index contributed by atoms with van der Waals surface area (Å²) in [6.45, 7) is 6.62. The lowest BCUT2D eigenvalue weighted by molar-refractivity contribution is -0.125. The van der Waals surface area contributed by atoms with Crippen molar-refractivity contribution in [3.8, 4) is 0 Å². The standard InChI is InChI=1S/C16H25ClN2O/c1-11(2)8-14(10-18)16(20)19-12(3)9-13-4-6-15(17)7-5-13/h4-7,11-12,14H,8-10,18H2,1-3H3,(H,19,20). The molecule has 1 amide bonds. The van der Waals surface area contributed by atoms with E-state index in [1.807, 2.05) is 31.2 Å². The van der Waals surface area contributed by atoms with Gasteiger partial charge in [-0.25, -0.2) is 0 Å². The van der Waals surface area contributed by atoms with Gasteiger partial charge in [0.25, 0.3) is 0 Å². The van der Waals surface area contributed by atoms with Crippen molar-refractivity contribution in [2.75, 3.05) is 6.54 Å². The first-order valence-electron chi connectivity index (χ1n) is 7.17. The van der Waals surface area contributed by atoms with Crippen LogP contribution in [0, 0.1) is 11.8 Å². The largest absolute Gasteiger partial charge is 0.353 e. The summed E-state index contributed by atoms with van der Waals surface area (Å²) in [6, 6.07) is 7.80. The highest BCUT2D eigenvalue weighted by atomic mass is 35.5. The minimum atomic E-state index is -0.0948. The van der Waals surface area contributed by atoms with E-state index in [9.17, 15) is 4.79 Å². The summed E-state index contributed by atoms with van der Waals surface area (Å²) in [5.74, 6) is 0.436. The van der Waals surface area contributed by atoms with Crippen LogP contribution in [-0.2, 0) is 11.2 Å². The van der Waals surface area contributed by atoms with Crippen LogP contribution in [0.3, 0.4) is 0 Å². The number of amides is 1. The van der Waals surface area contributed by atoms with Crippen molar-refractivity contribution in [1.29, 1.82) is 0 Å². The molecule has 0 saturated carbocycles. The van der Waals surface area contributed by atoms with Gasteiger partial charge >= 0.3 is 0 Å². The van der Waals surface area contributed by atoms with E-state index in [0.29, 0.717) is 12.5 Å². The second-order valence-corrected chi connectivity index (χ2v) is 6.24. The molecule has 1 aromatic rings. The van der Waals surface area contributed by atoms with E-state index in [1.165, 1.54) is 0 Å². The van der Waals surface area contributed by atoms with Gasteiger partial charge in [0.2, 0.25) is 5.91 Å². The molecule has 0 aromatic heterocycles. The van der Waals surface area contributed by atoms with Crippen LogP contribution in [0.1, 0.15) is 32.8 Å². The Morgan fingerprint density at radius 1 is 1.25 bits per heavy atom. The number of rotatable bonds is 7. The van der Waals surface area contributed by atoms with Crippen molar-refractivity contribution in [2.24, 2.45) is 17.6 Å². The van der Waals surface area contributed by atoms with Gasteiger partial charge in [0, 0.05) is 17.6 Å². The molecule has 0 bridgehead atoms. The van der Waals surface area contributed by atoms with Gasteiger partial charge < -0.3 is 11.1 Å². The molecule has 2 unspecified atom stereocenters. The Balaban J connectivity index is 2.50. The SMILES string of the molecule is CC(C)CC(CN)C(=O)NC(C)Cc1ccc(Cl)cc1. The van der Waals surface area contributed by atoms with Gasteiger partial charge in [0.1, 0.15) is 0 Å². The van der Waals surface area contributed by atoms with E-state index >= 15 is 0 Å². The molecule has 0 radical (unpaired) electrons. The van der Waals surface area contributed by atoms with Crippen LogP contribution in [0.4, 0.5) is 0 Å². The molecule has 2 atom stereocenters. The molecule has 0 aliphatic carbocycles. The van der Waals surface area contributed by atoms with Gasteiger partial charge in [0.05, 0.1) is 5.92 Å². The molecule has 0 fully saturated rings. The fraction of sp³-hybridized carbons (Fsp3) is 0.562. The Morgan fingerprint density at radius 3 is 2.35 bits per heavy atom. The molecule has 20 heavy (non-hydrogen) atoms. The van der Waals surface area contributed by atoms with E-state index < -0.39 is 0 Å². The third-order valence-electron chi connectivity index (χ3n) is 3.26. The maximum absolute atomic E-state index is 12.2. The predicted octanol–water partition coefficient (Wildman–Crippen LogP) is 3.01. The molecule has 112 valence electrons. The van der Waals surface area contributed by atoms with Gasteiger partial charge in [0.15, 0.2) is 0 Å². The molecule has 3 N–H and O–H groups in total. The van der Waals surface area contributed by atoms with E-state index in [0.717, 1.165) is 23.4 Å². The van der Waals surface area contributed by atoms with E-state index in [4.69, 9.17) is 17.3 Å². The molecule has 4 heteroatoms.